The van der Waals surface area contributed by atoms with E-state index in [1.165, 1.54) is 44.9 Å². The van der Waals surface area contributed by atoms with Gasteiger partial charge in [-0.3, -0.25) is 9.80 Å². The Bertz CT molecular complexity index is 3470. The number of benzene rings is 3. The van der Waals surface area contributed by atoms with Crippen molar-refractivity contribution in [3.8, 4) is 17.2 Å². The second-order valence-electron chi connectivity index (χ2n) is 30.1. The molecule has 5 saturated heterocycles. The van der Waals surface area contributed by atoms with Crippen LogP contribution in [0.1, 0.15) is 133 Å². The van der Waals surface area contributed by atoms with Crippen molar-refractivity contribution in [2.45, 2.75) is 151 Å². The molecule has 0 unspecified atom stereocenters. The summed E-state index contributed by atoms with van der Waals surface area (Å²) in [5, 5.41) is 51.5. The highest BCUT2D eigenvalue weighted by atomic mass is 16.7. The van der Waals surface area contributed by atoms with Crippen LogP contribution in [0.25, 0.3) is 32.9 Å². The lowest BCUT2D eigenvalue weighted by Crippen LogP contribution is -2.39. The number of piperidine rings is 3. The van der Waals surface area contributed by atoms with Gasteiger partial charge in [0.05, 0.1) is 80.0 Å². The highest BCUT2D eigenvalue weighted by molar-refractivity contribution is 5.90. The van der Waals surface area contributed by atoms with E-state index >= 15 is 0 Å². The van der Waals surface area contributed by atoms with Crippen LogP contribution in [0.5, 0.6) is 17.2 Å². The van der Waals surface area contributed by atoms with E-state index in [0.717, 1.165) is 232 Å². The maximum absolute atomic E-state index is 9.55. The largest absolute Gasteiger partial charge is 0.493 e. The summed E-state index contributed by atoms with van der Waals surface area (Å²) in [6, 6.07) is 12.7. The lowest BCUT2D eigenvalue weighted by atomic mass is 9.91. The zero-order chi connectivity index (χ0) is 76.7. The van der Waals surface area contributed by atoms with Crippen molar-refractivity contribution in [3.63, 3.8) is 0 Å². The van der Waals surface area contributed by atoms with Crippen molar-refractivity contribution in [2.24, 2.45) is 35.5 Å². The number of hydrogen-bond acceptors (Lipinski definition) is 23. The number of nitrogens with one attached hydrogen (secondary N) is 1. The average molecular weight is 1480 g/mol. The topological polar surface area (TPSA) is 320 Å². The molecule has 0 aliphatic carbocycles. The van der Waals surface area contributed by atoms with E-state index in [1.807, 2.05) is 0 Å². The van der Waals surface area contributed by atoms with E-state index < -0.39 is 23.9 Å². The maximum atomic E-state index is 9.55. The van der Waals surface area contributed by atoms with Gasteiger partial charge in [-0.25, -0.2) is 19.2 Å². The molecule has 0 radical (unpaired) electrons. The third-order valence-electron chi connectivity index (χ3n) is 18.6. The van der Waals surface area contributed by atoms with Crippen molar-refractivity contribution in [1.29, 1.82) is 0 Å². The first kappa shape index (κ1) is 85.7. The number of carboxylic acid groups (broad SMARTS) is 4. The molecule has 0 amide bonds. The predicted octanol–water partition coefficient (Wildman–Crippen LogP) is 11.2. The van der Waals surface area contributed by atoms with Crippen LogP contribution in [-0.4, -0.2) is 238 Å². The molecule has 5 aliphatic heterocycles. The Morgan fingerprint density at radius 1 is 0.453 bits per heavy atom. The highest BCUT2D eigenvalue weighted by Crippen LogP contribution is 2.37. The average Bonchev–Trinajstić information content (AvgIpc) is 1.67. The minimum Gasteiger partial charge on any atom is -0.493 e. The third-order valence-corrected chi connectivity index (χ3v) is 18.6. The van der Waals surface area contributed by atoms with Crippen LogP contribution >= 0.6 is 0 Å². The first-order chi connectivity index (χ1) is 50.8. The van der Waals surface area contributed by atoms with Gasteiger partial charge in [0.15, 0.2) is 29.3 Å². The molecule has 8 heterocycles. The van der Waals surface area contributed by atoms with Gasteiger partial charge in [-0.15, -0.1) is 0 Å². The zero-order valence-corrected chi connectivity index (χ0v) is 64.7. The summed E-state index contributed by atoms with van der Waals surface area (Å²) in [5.41, 5.74) is 9.18. The van der Waals surface area contributed by atoms with E-state index in [-0.39, 0.29) is 12.6 Å². The van der Waals surface area contributed by atoms with Gasteiger partial charge in [-0.05, 0) is 231 Å². The SMILES string of the molecule is CC(C)COc1ccc2c(CCC3CCN(CC4OCCO4)CC3)noc2c1CN(C)C.CC(C)COc1ccc2c(CCC3CCN(CC4OCCO4)CC3)noc2c1CN(C)C.CC(C)COc1ccc2c(CCC3CCNCC3)noc2c1CN(C)C.O=C(O)/C=C/C(=O)O.O=C(O)/C=C/C(=O)O. The summed E-state index contributed by atoms with van der Waals surface area (Å²) in [6.45, 7) is 28.9. The molecule has 0 spiro atoms. The van der Waals surface area contributed by atoms with Gasteiger partial charge < -0.3 is 87.2 Å². The molecule has 0 bridgehead atoms. The lowest BCUT2D eigenvalue weighted by Gasteiger charge is -2.32. The van der Waals surface area contributed by atoms with E-state index in [0.29, 0.717) is 61.9 Å². The van der Waals surface area contributed by atoms with Crippen molar-refractivity contribution in [3.05, 3.63) is 94.5 Å². The Labute approximate surface area is 624 Å². The standard InChI is InChI=1S/2C25H39N3O4.C21H33N3O2.2C4H4O4/c2*1-18(2)17-31-23-8-6-20-22(26-32-25(20)21(23)15-27(3)4)7-5-19-9-11-28(12-10-19)16-24-29-13-14-30-24;1-15(2)14-25-20-8-6-17-19(7-5-16-9-11-22-12-10-16)23-26-21(17)18(20)13-24(3)4;2*5-3(6)1-2-4(7)8/h2*6,8,18-19,24H,5,7,9-17H2,1-4H3;6,8,15-16,22H,5,7,9-14H2,1-4H3;2*1-2H,(H,5,6)(H,7,8)/b;;;2*2-1+. The molecule has 5 fully saturated rings. The molecule has 3 aromatic carbocycles. The van der Waals surface area contributed by atoms with E-state index in [1.54, 1.807) is 0 Å². The molecule has 588 valence electrons. The molecule has 27 heteroatoms. The number of ether oxygens (including phenoxy) is 7. The number of fused-ring (bicyclic) bond motifs is 3. The summed E-state index contributed by atoms with van der Waals surface area (Å²) in [6.07, 6.45) is 16.0. The number of aliphatic carboxylic acids is 4. The van der Waals surface area contributed by atoms with Gasteiger partial charge in [-0.1, -0.05) is 57.0 Å². The Hall–Kier alpha value is -7.57. The fraction of sp³-hybridized carbons (Fsp3) is 0.633. The quantitative estimate of drug-likeness (QED) is 0.0245. The number of likely N-dealkylation sites (tertiary alicyclic amines) is 2. The second-order valence-corrected chi connectivity index (χ2v) is 30.1. The minimum absolute atomic E-state index is 0.0289. The van der Waals surface area contributed by atoms with Crippen LogP contribution in [-0.2, 0) is 77.0 Å². The Kier molecular flexibility index (Phi) is 36.1. The summed E-state index contributed by atoms with van der Waals surface area (Å²) in [5.74, 6) is 1.43. The fourth-order valence-corrected chi connectivity index (χ4v) is 13.2. The molecule has 0 saturated carbocycles. The zero-order valence-electron chi connectivity index (χ0n) is 64.7. The number of carboxylic acids is 4. The van der Waals surface area contributed by atoms with Crippen LogP contribution in [0.15, 0.2) is 74.3 Å². The van der Waals surface area contributed by atoms with Gasteiger partial charge in [0.25, 0.3) is 0 Å². The molecular weight excluding hydrogens is 1360 g/mol. The van der Waals surface area contributed by atoms with Crippen molar-refractivity contribution in [1.82, 2.24) is 45.3 Å². The minimum atomic E-state index is -1.26. The molecule has 27 nitrogen and oxygen atoms in total. The molecule has 0 atom stereocenters. The van der Waals surface area contributed by atoms with Gasteiger partial charge >= 0.3 is 23.9 Å². The number of hydrogen-bond donors (Lipinski definition) is 5. The first-order valence-electron chi connectivity index (χ1n) is 37.7. The van der Waals surface area contributed by atoms with Crippen molar-refractivity contribution >= 4 is 56.8 Å². The summed E-state index contributed by atoms with van der Waals surface area (Å²) in [4.78, 5) is 49.6. The number of nitrogens with zero attached hydrogens (tertiary/aromatic N) is 8. The highest BCUT2D eigenvalue weighted by Gasteiger charge is 2.29. The number of aromatic nitrogens is 3. The lowest BCUT2D eigenvalue weighted by molar-refractivity contribution is -0.134. The Morgan fingerprint density at radius 2 is 0.726 bits per heavy atom. The monoisotopic (exact) mass is 1480 g/mol. The van der Waals surface area contributed by atoms with Crippen LogP contribution in [0.2, 0.25) is 0 Å². The van der Waals surface area contributed by atoms with Crippen LogP contribution < -0.4 is 19.5 Å². The van der Waals surface area contributed by atoms with Crippen molar-refractivity contribution < 1.29 is 86.3 Å². The third kappa shape index (κ3) is 29.5. The van der Waals surface area contributed by atoms with Crippen LogP contribution in [0.3, 0.4) is 0 Å². The molecule has 106 heavy (non-hydrogen) atoms. The van der Waals surface area contributed by atoms with Gasteiger partial charge in [0.2, 0.25) is 0 Å². The Morgan fingerprint density at radius 3 is 0.981 bits per heavy atom. The van der Waals surface area contributed by atoms with E-state index in [9.17, 15) is 19.2 Å². The number of rotatable bonds is 32. The smallest absolute Gasteiger partial charge is 0.328 e. The van der Waals surface area contributed by atoms with Crippen molar-refractivity contribution in [2.75, 3.05) is 141 Å². The summed E-state index contributed by atoms with van der Waals surface area (Å²) in [7, 11) is 12.4. The van der Waals surface area contributed by atoms with E-state index in [2.05, 4.69) is 166 Å². The second kappa shape index (κ2) is 44.7. The van der Waals surface area contributed by atoms with E-state index in [4.69, 9.17) is 67.2 Å². The number of carbonyl (C=O) groups is 4. The Balaban J connectivity index is 0.000000201. The summed E-state index contributed by atoms with van der Waals surface area (Å²) < 4.78 is 58.1. The fourth-order valence-electron chi connectivity index (χ4n) is 13.2. The first-order valence-corrected chi connectivity index (χ1v) is 37.7. The molecule has 11 rings (SSSR count). The van der Waals surface area contributed by atoms with Crippen LogP contribution in [0, 0.1) is 35.5 Å². The molecule has 3 aromatic heterocycles. The predicted molar refractivity (Wildman–Crippen MR) is 404 cm³/mol. The molecule has 6 aromatic rings. The molecule has 5 aliphatic rings. The maximum Gasteiger partial charge on any atom is 0.328 e. The number of aryl methyl sites for hydroxylation is 3. The normalized spacial score (nSPS) is 16.9. The molecule has 5 N–H and O–H groups in total. The van der Waals surface area contributed by atoms with Gasteiger partial charge in [0.1, 0.15) is 17.2 Å². The van der Waals surface area contributed by atoms with Gasteiger partial charge in [-0.2, -0.15) is 0 Å². The molecular formula is C79H119N9O18. The summed E-state index contributed by atoms with van der Waals surface area (Å²) >= 11 is 0. The van der Waals surface area contributed by atoms with Crippen LogP contribution in [0.4, 0.5) is 0 Å². The van der Waals surface area contributed by atoms with Gasteiger partial charge in [0, 0.05) is 73.2 Å².